The van der Waals surface area contributed by atoms with Crippen molar-refractivity contribution in [3.05, 3.63) is 63.7 Å². The van der Waals surface area contributed by atoms with Crippen LogP contribution in [-0.2, 0) is 11.2 Å². The number of fused-ring (bicyclic) bond motifs is 1. The van der Waals surface area contributed by atoms with E-state index in [9.17, 15) is 19.7 Å². The van der Waals surface area contributed by atoms with Crippen LogP contribution in [0.15, 0.2) is 42.5 Å². The van der Waals surface area contributed by atoms with Gasteiger partial charge >= 0.3 is 0 Å². The quantitative estimate of drug-likeness (QED) is 0.442. The number of anilines is 1. The molecule has 3 rings (SSSR count). The molecule has 0 N–H and O–H groups in total. The molecule has 0 saturated carbocycles. The van der Waals surface area contributed by atoms with Gasteiger partial charge in [-0.05, 0) is 42.7 Å². The van der Waals surface area contributed by atoms with Gasteiger partial charge in [0.1, 0.15) is 5.75 Å². The molecule has 7 heteroatoms. The maximum Gasteiger partial charge on any atom is 0.271 e. The van der Waals surface area contributed by atoms with Crippen molar-refractivity contribution < 1.29 is 19.2 Å². The summed E-state index contributed by atoms with van der Waals surface area (Å²) in [6.07, 6.45) is 1.73. The lowest BCUT2D eigenvalue weighted by atomic mass is 10.00. The van der Waals surface area contributed by atoms with Crippen LogP contribution >= 0.6 is 0 Å². The van der Waals surface area contributed by atoms with Crippen molar-refractivity contribution in [2.45, 2.75) is 25.7 Å². The van der Waals surface area contributed by atoms with E-state index < -0.39 is 4.92 Å². The number of ether oxygens (including phenoxy) is 1. The van der Waals surface area contributed by atoms with E-state index in [0.29, 0.717) is 23.5 Å². The first-order chi connectivity index (χ1) is 13.0. The van der Waals surface area contributed by atoms with Gasteiger partial charge in [0.15, 0.2) is 5.78 Å². The number of rotatable bonds is 6. The largest absolute Gasteiger partial charge is 0.497 e. The van der Waals surface area contributed by atoms with Gasteiger partial charge in [-0.15, -0.1) is 0 Å². The van der Waals surface area contributed by atoms with Crippen LogP contribution in [-0.4, -0.2) is 30.3 Å². The monoisotopic (exact) mass is 368 g/mol. The number of carbonyl (C=O) groups excluding carboxylic acids is 2. The minimum atomic E-state index is -0.468. The van der Waals surface area contributed by atoms with Gasteiger partial charge in [0.2, 0.25) is 5.91 Å². The molecule has 140 valence electrons. The van der Waals surface area contributed by atoms with Crippen molar-refractivity contribution in [3.63, 3.8) is 0 Å². The molecule has 0 aliphatic carbocycles. The van der Waals surface area contributed by atoms with Crippen molar-refractivity contribution in [1.29, 1.82) is 0 Å². The number of benzene rings is 2. The maximum absolute atomic E-state index is 12.7. The summed E-state index contributed by atoms with van der Waals surface area (Å²) in [6.45, 7) is 0.504. The molecule has 2 aromatic carbocycles. The van der Waals surface area contributed by atoms with Gasteiger partial charge in [-0.1, -0.05) is 6.07 Å². The second kappa shape index (κ2) is 7.99. The second-order valence-corrected chi connectivity index (χ2v) is 6.37. The summed E-state index contributed by atoms with van der Waals surface area (Å²) in [7, 11) is 1.55. The van der Waals surface area contributed by atoms with Gasteiger partial charge in [0.25, 0.3) is 5.69 Å². The second-order valence-electron chi connectivity index (χ2n) is 6.37. The van der Waals surface area contributed by atoms with Crippen LogP contribution in [0.1, 0.15) is 35.2 Å². The Labute approximate surface area is 156 Å². The predicted molar refractivity (Wildman–Crippen MR) is 100 cm³/mol. The van der Waals surface area contributed by atoms with Crippen molar-refractivity contribution >= 4 is 23.1 Å². The molecule has 2 aromatic rings. The average molecular weight is 368 g/mol. The van der Waals surface area contributed by atoms with E-state index in [2.05, 4.69) is 0 Å². The van der Waals surface area contributed by atoms with E-state index in [1.54, 1.807) is 42.3 Å². The minimum Gasteiger partial charge on any atom is -0.497 e. The van der Waals surface area contributed by atoms with E-state index in [1.807, 2.05) is 0 Å². The number of carbonyl (C=O) groups is 2. The van der Waals surface area contributed by atoms with Gasteiger partial charge in [-0.3, -0.25) is 19.7 Å². The number of Topliss-reactive ketones (excluding diaryl/α,β-unsaturated/α-hetero) is 1. The molecule has 0 atom stereocenters. The average Bonchev–Trinajstić information content (AvgIpc) is 2.70. The van der Waals surface area contributed by atoms with E-state index in [-0.39, 0.29) is 30.2 Å². The topological polar surface area (TPSA) is 89.8 Å². The molecule has 0 bridgehead atoms. The molecule has 1 heterocycles. The number of nitrogens with zero attached hydrogens (tertiary/aromatic N) is 2. The lowest BCUT2D eigenvalue weighted by Gasteiger charge is -2.29. The fourth-order valence-electron chi connectivity index (χ4n) is 3.21. The highest BCUT2D eigenvalue weighted by molar-refractivity contribution is 6.01. The van der Waals surface area contributed by atoms with E-state index in [4.69, 9.17) is 4.74 Å². The molecule has 0 radical (unpaired) electrons. The highest BCUT2D eigenvalue weighted by atomic mass is 16.6. The van der Waals surface area contributed by atoms with Gasteiger partial charge in [0.05, 0.1) is 17.7 Å². The van der Waals surface area contributed by atoms with Gasteiger partial charge in [-0.2, -0.15) is 0 Å². The van der Waals surface area contributed by atoms with Crippen molar-refractivity contribution in [2.75, 3.05) is 18.6 Å². The SMILES string of the molecule is COc1ccc(C(=O)CCC(=O)N2CCCc3ccc([N+](=O)[O-])cc32)cc1. The minimum absolute atomic E-state index is 0.0391. The van der Waals surface area contributed by atoms with Crippen molar-refractivity contribution in [1.82, 2.24) is 0 Å². The number of methoxy groups -OCH3 is 1. The Hall–Kier alpha value is -3.22. The molecular weight excluding hydrogens is 348 g/mol. The summed E-state index contributed by atoms with van der Waals surface area (Å²) in [5.41, 5.74) is 1.99. The lowest BCUT2D eigenvalue weighted by molar-refractivity contribution is -0.384. The summed E-state index contributed by atoms with van der Waals surface area (Å²) in [4.78, 5) is 37.1. The van der Waals surface area contributed by atoms with Gasteiger partial charge in [-0.25, -0.2) is 0 Å². The zero-order valence-corrected chi connectivity index (χ0v) is 15.0. The number of hydrogen-bond donors (Lipinski definition) is 0. The third kappa shape index (κ3) is 4.13. The third-order valence-electron chi connectivity index (χ3n) is 4.68. The fourth-order valence-corrected chi connectivity index (χ4v) is 3.21. The summed E-state index contributed by atoms with van der Waals surface area (Å²) in [5, 5.41) is 11.0. The van der Waals surface area contributed by atoms with Crippen LogP contribution in [0.5, 0.6) is 5.75 Å². The highest BCUT2D eigenvalue weighted by Gasteiger charge is 2.25. The lowest BCUT2D eigenvalue weighted by Crippen LogP contribution is -2.35. The molecule has 0 spiro atoms. The summed E-state index contributed by atoms with van der Waals surface area (Å²) in [6, 6.07) is 11.4. The highest BCUT2D eigenvalue weighted by Crippen LogP contribution is 2.31. The number of nitro benzene ring substituents is 1. The standard InChI is InChI=1S/C20H20N2O5/c1-27-17-8-5-15(6-9-17)19(23)10-11-20(24)21-12-2-3-14-4-7-16(22(25)26)13-18(14)21/h4-9,13H,2-3,10-12H2,1H3. The van der Waals surface area contributed by atoms with E-state index in [1.165, 1.54) is 12.1 Å². The number of aryl methyl sites for hydroxylation is 1. The molecule has 0 fully saturated rings. The first kappa shape index (κ1) is 18.6. The normalized spacial score (nSPS) is 13.0. The number of hydrogen-bond acceptors (Lipinski definition) is 5. The van der Waals surface area contributed by atoms with Gasteiger partial charge in [0, 0.05) is 37.1 Å². The van der Waals surface area contributed by atoms with Crippen LogP contribution in [0, 0.1) is 10.1 Å². The van der Waals surface area contributed by atoms with Crippen molar-refractivity contribution in [2.24, 2.45) is 0 Å². The summed E-state index contributed by atoms with van der Waals surface area (Å²) in [5.74, 6) is 0.342. The maximum atomic E-state index is 12.7. The molecule has 0 aromatic heterocycles. The molecule has 27 heavy (non-hydrogen) atoms. The van der Waals surface area contributed by atoms with Crippen LogP contribution in [0.2, 0.25) is 0 Å². The number of amides is 1. The first-order valence-corrected chi connectivity index (χ1v) is 8.74. The molecular formula is C20H20N2O5. The fraction of sp³-hybridized carbons (Fsp3) is 0.300. The van der Waals surface area contributed by atoms with E-state index in [0.717, 1.165) is 18.4 Å². The number of ketones is 1. The zero-order chi connectivity index (χ0) is 19.4. The van der Waals surface area contributed by atoms with Crippen LogP contribution in [0.3, 0.4) is 0 Å². The Balaban J connectivity index is 1.69. The molecule has 0 unspecified atom stereocenters. The number of nitro groups is 1. The summed E-state index contributed by atoms with van der Waals surface area (Å²) < 4.78 is 5.07. The van der Waals surface area contributed by atoms with Gasteiger partial charge < -0.3 is 9.64 Å². The predicted octanol–water partition coefficient (Wildman–Crippen LogP) is 3.55. The molecule has 1 aliphatic rings. The third-order valence-corrected chi connectivity index (χ3v) is 4.68. The molecule has 1 aliphatic heterocycles. The Morgan fingerprint density at radius 3 is 2.56 bits per heavy atom. The Bertz CT molecular complexity index is 876. The molecule has 0 saturated heterocycles. The Morgan fingerprint density at radius 2 is 1.89 bits per heavy atom. The number of non-ortho nitro benzene ring substituents is 1. The smallest absolute Gasteiger partial charge is 0.271 e. The van der Waals surface area contributed by atoms with Crippen molar-refractivity contribution in [3.8, 4) is 5.75 Å². The Kier molecular flexibility index (Phi) is 5.49. The Morgan fingerprint density at radius 1 is 1.15 bits per heavy atom. The van der Waals surface area contributed by atoms with E-state index >= 15 is 0 Å². The zero-order valence-electron chi connectivity index (χ0n) is 15.0. The summed E-state index contributed by atoms with van der Waals surface area (Å²) >= 11 is 0. The van der Waals surface area contributed by atoms with Crippen LogP contribution in [0.25, 0.3) is 0 Å². The molecule has 1 amide bonds. The molecule has 7 nitrogen and oxygen atoms in total. The van der Waals surface area contributed by atoms with Crippen LogP contribution in [0.4, 0.5) is 11.4 Å². The first-order valence-electron chi connectivity index (χ1n) is 8.74. The van der Waals surface area contributed by atoms with Crippen LogP contribution < -0.4 is 9.64 Å².